The second-order valence-electron chi connectivity index (χ2n) is 5.97. The van der Waals surface area contributed by atoms with Gasteiger partial charge < -0.3 is 10.4 Å². The predicted octanol–water partition coefficient (Wildman–Crippen LogP) is 4.83. The second-order valence-corrected chi connectivity index (χ2v) is 7.72. The Hall–Kier alpha value is -2.12. The zero-order valence-corrected chi connectivity index (χ0v) is 14.9. The van der Waals surface area contributed by atoms with E-state index in [0.717, 1.165) is 12.1 Å². The first-order valence-corrected chi connectivity index (χ1v) is 9.04. The molecule has 1 amide bonds. The predicted molar refractivity (Wildman–Crippen MR) is 95.8 cm³/mol. The minimum atomic E-state index is -1.05. The topological polar surface area (TPSA) is 66.4 Å². The molecule has 0 unspecified atom stereocenters. The molecule has 0 spiro atoms. The number of thioether (sulfide) groups is 1. The van der Waals surface area contributed by atoms with Gasteiger partial charge in [0.1, 0.15) is 0 Å². The smallest absolute Gasteiger partial charge is 0.306 e. The quantitative estimate of drug-likeness (QED) is 0.758. The van der Waals surface area contributed by atoms with Crippen LogP contribution in [0.1, 0.15) is 23.2 Å². The molecule has 0 heterocycles. The minimum Gasteiger partial charge on any atom is -0.481 e. The summed E-state index contributed by atoms with van der Waals surface area (Å²) < 4.78 is 26.2. The number of hydrogen-bond donors (Lipinski definition) is 2. The van der Waals surface area contributed by atoms with Gasteiger partial charge in [0.25, 0.3) is 5.91 Å². The number of anilines is 1. The average Bonchev–Trinajstić information content (AvgIpc) is 2.55. The van der Waals surface area contributed by atoms with Crippen LogP contribution >= 0.6 is 23.4 Å². The van der Waals surface area contributed by atoms with Crippen LogP contribution in [0.5, 0.6) is 0 Å². The molecule has 0 atom stereocenters. The fourth-order valence-electron chi connectivity index (χ4n) is 2.56. The second kappa shape index (κ2) is 7.63. The SMILES string of the molecule is O=C(Nc1ccc(F)c(F)c1)c1ccc(Cl)c(SC2CC(C(=O)O)C2)c1. The third kappa shape index (κ3) is 4.16. The number of carboxylic acids is 1. The average molecular weight is 398 g/mol. The molecule has 3 rings (SSSR count). The van der Waals surface area contributed by atoms with Gasteiger partial charge in [0.15, 0.2) is 11.6 Å². The van der Waals surface area contributed by atoms with Crippen molar-refractivity contribution in [3.8, 4) is 0 Å². The van der Waals surface area contributed by atoms with Crippen LogP contribution < -0.4 is 5.32 Å². The summed E-state index contributed by atoms with van der Waals surface area (Å²) in [6.07, 6.45) is 1.11. The van der Waals surface area contributed by atoms with E-state index in [1.165, 1.54) is 23.9 Å². The van der Waals surface area contributed by atoms with E-state index in [-0.39, 0.29) is 16.9 Å². The molecule has 0 radical (unpaired) electrons. The van der Waals surface area contributed by atoms with Crippen LogP contribution in [0.15, 0.2) is 41.3 Å². The molecule has 2 aromatic carbocycles. The molecule has 136 valence electrons. The van der Waals surface area contributed by atoms with Gasteiger partial charge in [0.05, 0.1) is 10.9 Å². The first-order chi connectivity index (χ1) is 12.3. The molecule has 1 fully saturated rings. The molecule has 1 aliphatic rings. The summed E-state index contributed by atoms with van der Waals surface area (Å²) in [7, 11) is 0. The van der Waals surface area contributed by atoms with Gasteiger partial charge in [-0.05, 0) is 43.2 Å². The third-order valence-corrected chi connectivity index (χ3v) is 5.86. The lowest BCUT2D eigenvalue weighted by atomic mass is 9.85. The molecule has 0 aromatic heterocycles. The minimum absolute atomic E-state index is 0.137. The maximum atomic E-state index is 13.2. The van der Waals surface area contributed by atoms with E-state index in [9.17, 15) is 18.4 Å². The molecule has 2 aromatic rings. The van der Waals surface area contributed by atoms with Gasteiger partial charge in [0, 0.05) is 27.5 Å². The monoisotopic (exact) mass is 397 g/mol. The zero-order chi connectivity index (χ0) is 18.8. The number of rotatable bonds is 5. The summed E-state index contributed by atoms with van der Waals surface area (Å²) in [5.74, 6) is -3.65. The molecule has 4 nitrogen and oxygen atoms in total. The fraction of sp³-hybridized carbons (Fsp3) is 0.222. The Morgan fingerprint density at radius 3 is 2.50 bits per heavy atom. The molecule has 1 saturated carbocycles. The molecule has 26 heavy (non-hydrogen) atoms. The molecular formula is C18H14ClF2NO3S. The van der Waals surface area contributed by atoms with E-state index in [2.05, 4.69) is 5.32 Å². The lowest BCUT2D eigenvalue weighted by molar-refractivity contribution is -0.144. The van der Waals surface area contributed by atoms with Crippen molar-refractivity contribution in [2.24, 2.45) is 5.92 Å². The summed E-state index contributed by atoms with van der Waals surface area (Å²) in [4.78, 5) is 23.9. The van der Waals surface area contributed by atoms with E-state index < -0.39 is 23.5 Å². The van der Waals surface area contributed by atoms with Crippen LogP contribution in [0.25, 0.3) is 0 Å². The van der Waals surface area contributed by atoms with Crippen molar-refractivity contribution in [2.75, 3.05) is 5.32 Å². The highest BCUT2D eigenvalue weighted by atomic mass is 35.5. The van der Waals surface area contributed by atoms with Crippen LogP contribution in [0.2, 0.25) is 5.02 Å². The largest absolute Gasteiger partial charge is 0.481 e. The first-order valence-electron chi connectivity index (χ1n) is 7.79. The number of aliphatic carboxylic acids is 1. The van der Waals surface area contributed by atoms with Crippen LogP contribution in [0.4, 0.5) is 14.5 Å². The van der Waals surface area contributed by atoms with Gasteiger partial charge in [-0.15, -0.1) is 11.8 Å². The van der Waals surface area contributed by atoms with Gasteiger partial charge in [-0.25, -0.2) is 8.78 Å². The van der Waals surface area contributed by atoms with Crippen LogP contribution in [-0.2, 0) is 4.79 Å². The summed E-state index contributed by atoms with van der Waals surface area (Å²) >= 11 is 7.60. The summed E-state index contributed by atoms with van der Waals surface area (Å²) in [5, 5.41) is 12.0. The van der Waals surface area contributed by atoms with E-state index in [0.29, 0.717) is 28.3 Å². The molecular weight excluding hydrogens is 384 g/mol. The Balaban J connectivity index is 1.69. The molecule has 0 saturated heterocycles. The van der Waals surface area contributed by atoms with Gasteiger partial charge in [-0.3, -0.25) is 9.59 Å². The summed E-state index contributed by atoms with van der Waals surface area (Å²) in [5.41, 5.74) is 0.456. The van der Waals surface area contributed by atoms with E-state index >= 15 is 0 Å². The number of hydrogen-bond acceptors (Lipinski definition) is 3. The van der Waals surface area contributed by atoms with Crippen molar-refractivity contribution < 1.29 is 23.5 Å². The van der Waals surface area contributed by atoms with Crippen molar-refractivity contribution in [1.82, 2.24) is 0 Å². The number of carbonyl (C=O) groups is 2. The Bertz CT molecular complexity index is 872. The number of nitrogens with one attached hydrogen (secondary N) is 1. The normalized spacial score (nSPS) is 18.9. The van der Waals surface area contributed by atoms with Gasteiger partial charge >= 0.3 is 5.97 Å². The first kappa shape index (κ1) is 18.7. The van der Waals surface area contributed by atoms with Crippen LogP contribution in [-0.4, -0.2) is 22.2 Å². The van der Waals surface area contributed by atoms with Crippen molar-refractivity contribution >= 4 is 40.9 Å². The molecule has 1 aliphatic carbocycles. The zero-order valence-electron chi connectivity index (χ0n) is 13.3. The standard InChI is InChI=1S/C18H14ClF2NO3S/c19-13-3-1-9(7-16(13)26-12-5-10(6-12)18(24)25)17(23)22-11-2-4-14(20)15(21)8-11/h1-4,7-8,10,12H,5-6H2,(H,22,23)(H,24,25). The Morgan fingerprint density at radius 2 is 1.85 bits per heavy atom. The molecule has 2 N–H and O–H groups in total. The van der Waals surface area contributed by atoms with E-state index in [4.69, 9.17) is 16.7 Å². The Labute approximate surface area is 157 Å². The highest BCUT2D eigenvalue weighted by Gasteiger charge is 2.35. The van der Waals surface area contributed by atoms with Crippen molar-refractivity contribution in [1.29, 1.82) is 0 Å². The lowest BCUT2D eigenvalue weighted by Crippen LogP contribution is -2.32. The van der Waals surface area contributed by atoms with Crippen molar-refractivity contribution in [2.45, 2.75) is 23.0 Å². The summed E-state index contributed by atoms with van der Waals surface area (Å²) in [6, 6.07) is 7.82. The van der Waals surface area contributed by atoms with E-state index in [1.807, 2.05) is 0 Å². The number of amides is 1. The maximum absolute atomic E-state index is 13.2. The summed E-state index contributed by atoms with van der Waals surface area (Å²) in [6.45, 7) is 0. The van der Waals surface area contributed by atoms with Gasteiger partial charge in [-0.1, -0.05) is 11.6 Å². The van der Waals surface area contributed by atoms with Gasteiger partial charge in [-0.2, -0.15) is 0 Å². The molecule has 0 bridgehead atoms. The van der Waals surface area contributed by atoms with Crippen LogP contribution in [0, 0.1) is 17.6 Å². The number of carbonyl (C=O) groups excluding carboxylic acids is 1. The van der Waals surface area contributed by atoms with Crippen LogP contribution in [0.3, 0.4) is 0 Å². The molecule has 8 heteroatoms. The van der Waals surface area contributed by atoms with Crippen molar-refractivity contribution in [3.05, 3.63) is 58.6 Å². The maximum Gasteiger partial charge on any atom is 0.306 e. The Kier molecular flexibility index (Phi) is 5.48. The number of carboxylic acid groups (broad SMARTS) is 1. The van der Waals surface area contributed by atoms with Gasteiger partial charge in [0.2, 0.25) is 0 Å². The number of benzene rings is 2. The van der Waals surface area contributed by atoms with Crippen molar-refractivity contribution in [3.63, 3.8) is 0 Å². The Morgan fingerprint density at radius 1 is 1.12 bits per heavy atom. The van der Waals surface area contributed by atoms with E-state index in [1.54, 1.807) is 12.1 Å². The lowest BCUT2D eigenvalue weighted by Gasteiger charge is -2.31. The number of halogens is 3. The highest BCUT2D eigenvalue weighted by molar-refractivity contribution is 8.00. The molecule has 0 aliphatic heterocycles. The third-order valence-electron chi connectivity index (χ3n) is 4.11. The highest BCUT2D eigenvalue weighted by Crippen LogP contribution is 2.43. The fourth-order valence-corrected chi connectivity index (χ4v) is 4.20.